The van der Waals surface area contributed by atoms with Crippen molar-refractivity contribution in [3.8, 4) is 5.75 Å². The average molecular weight is 319 g/mol. The Labute approximate surface area is 131 Å². The van der Waals surface area contributed by atoms with E-state index in [1.165, 1.54) is 30.0 Å². The lowest BCUT2D eigenvalue weighted by Gasteiger charge is -2.19. The molecule has 0 bridgehead atoms. The molecule has 0 spiro atoms. The van der Waals surface area contributed by atoms with E-state index in [-0.39, 0.29) is 5.82 Å². The fourth-order valence-electron chi connectivity index (χ4n) is 2.29. The summed E-state index contributed by atoms with van der Waals surface area (Å²) in [4.78, 5) is 12.7. The molecule has 1 aliphatic heterocycles. The quantitative estimate of drug-likeness (QED) is 0.893. The summed E-state index contributed by atoms with van der Waals surface area (Å²) in [6, 6.07) is 11.2. The van der Waals surface area contributed by atoms with Gasteiger partial charge in [0.25, 0.3) is 5.91 Å². The lowest BCUT2D eigenvalue weighted by Crippen LogP contribution is -2.30. The van der Waals surface area contributed by atoms with Gasteiger partial charge in [0.05, 0.1) is 18.0 Å². The van der Waals surface area contributed by atoms with Crippen molar-refractivity contribution in [3.05, 3.63) is 53.8 Å². The summed E-state index contributed by atoms with van der Waals surface area (Å²) in [5.74, 6) is -0.197. The molecular formula is C16H14FNO3S. The number of carbonyl (C=O) groups is 1. The van der Waals surface area contributed by atoms with Crippen LogP contribution in [0.2, 0.25) is 0 Å². The summed E-state index contributed by atoms with van der Waals surface area (Å²) in [5.41, 5.74) is 1.28. The Morgan fingerprint density at radius 1 is 1.23 bits per heavy atom. The van der Waals surface area contributed by atoms with Gasteiger partial charge in [-0.05, 0) is 35.9 Å². The van der Waals surface area contributed by atoms with Gasteiger partial charge in [-0.3, -0.25) is 4.79 Å². The first-order valence-electron chi connectivity index (χ1n) is 6.67. The minimum atomic E-state index is -1.23. The number of anilines is 1. The number of aliphatic hydroxyl groups is 1. The van der Waals surface area contributed by atoms with Gasteiger partial charge in [0.1, 0.15) is 17.7 Å². The second-order valence-electron chi connectivity index (χ2n) is 4.89. The van der Waals surface area contributed by atoms with Crippen LogP contribution < -0.4 is 10.1 Å². The molecule has 0 saturated carbocycles. The fraction of sp³-hybridized carbons (Fsp3) is 0.188. The zero-order chi connectivity index (χ0) is 15.7. The highest BCUT2D eigenvalue weighted by Crippen LogP contribution is 2.44. The highest BCUT2D eigenvalue weighted by molar-refractivity contribution is 7.99. The second kappa shape index (κ2) is 5.98. The molecule has 0 aliphatic carbocycles. The molecule has 1 heterocycles. The van der Waals surface area contributed by atoms with Crippen LogP contribution in [0, 0.1) is 5.82 Å². The van der Waals surface area contributed by atoms with Crippen LogP contribution in [0.25, 0.3) is 0 Å². The second-order valence-corrected chi connectivity index (χ2v) is 6.07. The molecule has 2 aromatic carbocycles. The molecule has 114 valence electrons. The number of aliphatic hydroxyl groups excluding tert-OH is 1. The van der Waals surface area contributed by atoms with Gasteiger partial charge in [-0.2, -0.15) is 0 Å². The molecular weight excluding hydrogens is 305 g/mol. The van der Waals surface area contributed by atoms with Gasteiger partial charge in [-0.1, -0.05) is 12.1 Å². The molecule has 4 nitrogen and oxygen atoms in total. The summed E-state index contributed by atoms with van der Waals surface area (Å²) in [7, 11) is 1.57. The number of fused-ring (bicyclic) bond motifs is 1. The molecule has 3 rings (SSSR count). The van der Waals surface area contributed by atoms with Gasteiger partial charge < -0.3 is 15.2 Å². The number of carbonyl (C=O) groups excluding carboxylic acids is 1. The molecule has 0 aromatic heterocycles. The number of halogens is 1. The molecule has 0 unspecified atom stereocenters. The summed E-state index contributed by atoms with van der Waals surface area (Å²) in [5, 5.41) is 12.4. The van der Waals surface area contributed by atoms with E-state index in [4.69, 9.17) is 4.74 Å². The standard InChI is InChI=1S/C16H14FNO3S/c1-21-11-5-2-9(3-6-11)15-14(19)16(20)18-12-7-4-10(17)8-13(12)22-15/h2-8,14-15,19H,1H3,(H,18,20)/t14-,15+/m1/s1. The summed E-state index contributed by atoms with van der Waals surface area (Å²) in [6.45, 7) is 0. The van der Waals surface area contributed by atoms with Crippen LogP contribution >= 0.6 is 11.8 Å². The Morgan fingerprint density at radius 3 is 2.64 bits per heavy atom. The Bertz CT molecular complexity index is 705. The average Bonchev–Trinajstić information content (AvgIpc) is 2.65. The van der Waals surface area contributed by atoms with E-state index >= 15 is 0 Å². The van der Waals surface area contributed by atoms with E-state index in [1.54, 1.807) is 31.4 Å². The maximum Gasteiger partial charge on any atom is 0.254 e. The third-order valence-corrected chi connectivity index (χ3v) is 4.83. The third-order valence-electron chi connectivity index (χ3n) is 3.46. The Kier molecular flexibility index (Phi) is 4.04. The largest absolute Gasteiger partial charge is 0.497 e. The molecule has 0 saturated heterocycles. The minimum Gasteiger partial charge on any atom is -0.497 e. The van der Waals surface area contributed by atoms with Gasteiger partial charge in [-0.25, -0.2) is 4.39 Å². The van der Waals surface area contributed by atoms with Gasteiger partial charge in [-0.15, -0.1) is 11.8 Å². The normalized spacial score (nSPS) is 20.8. The van der Waals surface area contributed by atoms with Crippen molar-refractivity contribution < 1.29 is 19.0 Å². The molecule has 6 heteroatoms. The number of benzene rings is 2. The van der Waals surface area contributed by atoms with Gasteiger partial charge in [0, 0.05) is 4.90 Å². The van der Waals surface area contributed by atoms with Crippen molar-refractivity contribution in [2.24, 2.45) is 0 Å². The number of amides is 1. The van der Waals surface area contributed by atoms with Gasteiger partial charge in [0.2, 0.25) is 0 Å². The zero-order valence-corrected chi connectivity index (χ0v) is 12.6. The molecule has 0 fully saturated rings. The Balaban J connectivity index is 2.00. The Hall–Kier alpha value is -2.05. The van der Waals surface area contributed by atoms with Crippen LogP contribution in [-0.2, 0) is 4.79 Å². The number of nitrogens with one attached hydrogen (secondary N) is 1. The maximum atomic E-state index is 13.4. The number of thioether (sulfide) groups is 1. The summed E-state index contributed by atoms with van der Waals surface area (Å²) >= 11 is 1.26. The molecule has 2 N–H and O–H groups in total. The predicted molar refractivity (Wildman–Crippen MR) is 82.6 cm³/mol. The summed E-state index contributed by atoms with van der Waals surface area (Å²) < 4.78 is 18.5. The fourth-order valence-corrected chi connectivity index (χ4v) is 3.53. The summed E-state index contributed by atoms with van der Waals surface area (Å²) in [6.07, 6.45) is -1.23. The van der Waals surface area contributed by atoms with Crippen LogP contribution in [0.15, 0.2) is 47.4 Å². The lowest BCUT2D eigenvalue weighted by molar-refractivity contribution is -0.124. The van der Waals surface area contributed by atoms with Gasteiger partial charge >= 0.3 is 0 Å². The minimum absolute atomic E-state index is 0.384. The van der Waals surface area contributed by atoms with Gasteiger partial charge in [0.15, 0.2) is 0 Å². The van der Waals surface area contributed by atoms with Crippen LogP contribution in [0.3, 0.4) is 0 Å². The van der Waals surface area contributed by atoms with E-state index in [0.717, 1.165) is 5.56 Å². The van der Waals surface area contributed by atoms with Crippen molar-refractivity contribution in [2.75, 3.05) is 12.4 Å². The monoisotopic (exact) mass is 319 g/mol. The van der Waals surface area contributed by atoms with Crippen LogP contribution in [0.4, 0.5) is 10.1 Å². The topological polar surface area (TPSA) is 58.6 Å². The molecule has 1 aliphatic rings. The van der Waals surface area contributed by atoms with Crippen molar-refractivity contribution >= 4 is 23.4 Å². The van der Waals surface area contributed by atoms with E-state index in [2.05, 4.69) is 5.32 Å². The first-order valence-corrected chi connectivity index (χ1v) is 7.55. The first-order chi connectivity index (χ1) is 10.6. The maximum absolute atomic E-state index is 13.4. The smallest absolute Gasteiger partial charge is 0.254 e. The van der Waals surface area contributed by atoms with Crippen molar-refractivity contribution in [1.82, 2.24) is 0 Å². The number of rotatable bonds is 2. The zero-order valence-electron chi connectivity index (χ0n) is 11.7. The van der Waals surface area contributed by atoms with Crippen molar-refractivity contribution in [1.29, 1.82) is 0 Å². The molecule has 22 heavy (non-hydrogen) atoms. The third kappa shape index (κ3) is 2.80. The highest BCUT2D eigenvalue weighted by Gasteiger charge is 2.32. The SMILES string of the molecule is COc1ccc([C@@H]2Sc3cc(F)ccc3NC(=O)[C@@H]2O)cc1. The number of ether oxygens (including phenoxy) is 1. The van der Waals surface area contributed by atoms with E-state index in [1.807, 2.05) is 0 Å². The van der Waals surface area contributed by atoms with E-state index < -0.39 is 17.3 Å². The number of methoxy groups -OCH3 is 1. The Morgan fingerprint density at radius 2 is 1.95 bits per heavy atom. The molecule has 0 radical (unpaired) electrons. The highest BCUT2D eigenvalue weighted by atomic mass is 32.2. The first kappa shape index (κ1) is 14.9. The lowest BCUT2D eigenvalue weighted by atomic mass is 10.1. The van der Waals surface area contributed by atoms with Crippen LogP contribution in [-0.4, -0.2) is 24.2 Å². The molecule has 1 amide bonds. The molecule has 2 aromatic rings. The predicted octanol–water partition coefficient (Wildman–Crippen LogP) is 2.98. The van der Waals surface area contributed by atoms with Crippen LogP contribution in [0.1, 0.15) is 10.8 Å². The number of hydrogen-bond acceptors (Lipinski definition) is 4. The van der Waals surface area contributed by atoms with Crippen molar-refractivity contribution in [3.63, 3.8) is 0 Å². The van der Waals surface area contributed by atoms with Crippen LogP contribution in [0.5, 0.6) is 5.75 Å². The van der Waals surface area contributed by atoms with E-state index in [9.17, 15) is 14.3 Å². The number of hydrogen-bond donors (Lipinski definition) is 2. The van der Waals surface area contributed by atoms with Crippen molar-refractivity contribution in [2.45, 2.75) is 16.2 Å². The molecule has 2 atom stereocenters. The van der Waals surface area contributed by atoms with E-state index in [0.29, 0.717) is 16.3 Å².